The number of hydrogen-bond acceptors (Lipinski definition) is 3. The second-order valence-electron chi connectivity index (χ2n) is 1.85. The van der Waals surface area contributed by atoms with E-state index in [2.05, 4.69) is 0 Å². The summed E-state index contributed by atoms with van der Waals surface area (Å²) in [7, 11) is 0. The van der Waals surface area contributed by atoms with Crippen LogP contribution >= 0.6 is 11.9 Å². The van der Waals surface area contributed by atoms with Gasteiger partial charge in [-0.15, -0.1) is 0 Å². The second kappa shape index (κ2) is 3.36. The molecule has 0 saturated carbocycles. The number of non-ortho nitro benzene ring substituents is 1. The summed E-state index contributed by atoms with van der Waals surface area (Å²) in [5, 5.41) is 17.0. The maximum Gasteiger partial charge on any atom is 0.269 e. The molecule has 0 saturated heterocycles. The lowest BCUT2D eigenvalue weighted by molar-refractivity contribution is -0.384. The Kier molecular flexibility index (Phi) is 2.45. The fourth-order valence-corrected chi connectivity index (χ4v) is 0.908. The molecule has 0 heterocycles. The molecule has 0 atom stereocenters. The van der Waals surface area contributed by atoms with E-state index in [-0.39, 0.29) is 5.69 Å². The van der Waals surface area contributed by atoms with Crippen LogP contribution in [0.5, 0.6) is 0 Å². The summed E-state index contributed by atoms with van der Waals surface area (Å²) >= 11 is 0.817. The van der Waals surface area contributed by atoms with Crippen LogP contribution in [-0.4, -0.2) is 4.92 Å². The van der Waals surface area contributed by atoms with E-state index in [1.54, 1.807) is 12.1 Å². The average molecular weight is 169 g/mol. The molecule has 1 N–H and O–H groups in total. The van der Waals surface area contributed by atoms with Gasteiger partial charge in [0.05, 0.1) is 4.92 Å². The molecule has 57 valence electrons. The monoisotopic (exact) mass is 169 g/mol. The summed E-state index contributed by atoms with van der Waals surface area (Å²) in [5.41, 5.74) is 0.0581. The molecule has 0 unspecified atom stereocenters. The zero-order valence-electron chi connectivity index (χ0n) is 5.48. The summed E-state index contributed by atoms with van der Waals surface area (Å²) in [6, 6.07) is 5.87. The predicted molar refractivity (Wildman–Crippen MR) is 42.1 cm³/mol. The quantitative estimate of drug-likeness (QED) is 0.385. The van der Waals surface area contributed by atoms with Crippen molar-refractivity contribution in [2.45, 2.75) is 4.90 Å². The van der Waals surface area contributed by atoms with Crippen LogP contribution < -0.4 is 5.14 Å². The Balaban J connectivity index is 2.91. The third kappa shape index (κ3) is 1.92. The Bertz CT molecular complexity index is 260. The summed E-state index contributed by atoms with van der Waals surface area (Å²) < 4.78 is 0. The van der Waals surface area contributed by atoms with Crippen molar-refractivity contribution in [3.05, 3.63) is 34.4 Å². The van der Waals surface area contributed by atoms with Gasteiger partial charge in [-0.3, -0.25) is 10.1 Å². The number of nitrogens with zero attached hydrogens (tertiary/aromatic N) is 1. The van der Waals surface area contributed by atoms with Crippen molar-refractivity contribution in [2.75, 3.05) is 0 Å². The smallest absolute Gasteiger partial charge is 0.258 e. The van der Waals surface area contributed by atoms with Crippen molar-refractivity contribution < 1.29 is 4.92 Å². The van der Waals surface area contributed by atoms with E-state index in [0.29, 0.717) is 4.90 Å². The van der Waals surface area contributed by atoms with Crippen LogP contribution in [0.15, 0.2) is 29.2 Å². The molecule has 1 rings (SSSR count). The van der Waals surface area contributed by atoms with Crippen molar-refractivity contribution in [1.82, 2.24) is 5.14 Å². The molecule has 4 nitrogen and oxygen atoms in total. The zero-order valence-corrected chi connectivity index (χ0v) is 6.30. The molecule has 0 amide bonds. The number of hydrogen-bond donors (Lipinski definition) is 0. The molecule has 0 aliphatic carbocycles. The number of nitrogens with one attached hydrogen (secondary N) is 1. The van der Waals surface area contributed by atoms with Gasteiger partial charge in [-0.05, 0) is 24.1 Å². The summed E-state index contributed by atoms with van der Waals surface area (Å²) in [4.78, 5) is 10.4. The Hall–Kier alpha value is -1.07. The molecule has 0 aliphatic heterocycles. The molecular formula is C6H5N2O2S. The molecule has 1 aromatic rings. The Labute approximate surface area is 67.7 Å². The standard InChI is InChI=1S/C6H5N2O2S/c7-11-6-3-1-5(2-4-6)8(9)10/h1-4,7H. The summed E-state index contributed by atoms with van der Waals surface area (Å²) in [5.74, 6) is 0. The van der Waals surface area contributed by atoms with Gasteiger partial charge in [0, 0.05) is 17.0 Å². The molecule has 0 fully saturated rings. The molecule has 0 spiro atoms. The highest BCUT2D eigenvalue weighted by molar-refractivity contribution is 7.96. The fourth-order valence-electron chi connectivity index (χ4n) is 0.636. The van der Waals surface area contributed by atoms with Crippen LogP contribution in [0.4, 0.5) is 5.69 Å². The van der Waals surface area contributed by atoms with Crippen LogP contribution in [0.3, 0.4) is 0 Å². The van der Waals surface area contributed by atoms with Crippen LogP contribution in [-0.2, 0) is 0 Å². The second-order valence-corrected chi connectivity index (χ2v) is 2.53. The SMILES string of the molecule is [NH]Sc1ccc([N+](=O)[O-])cc1. The first-order chi connectivity index (χ1) is 5.24. The lowest BCUT2D eigenvalue weighted by Crippen LogP contribution is -1.86. The third-order valence-corrected chi connectivity index (χ3v) is 1.67. The first-order valence-electron chi connectivity index (χ1n) is 2.82. The minimum Gasteiger partial charge on any atom is -0.258 e. The van der Waals surface area contributed by atoms with Gasteiger partial charge < -0.3 is 0 Å². The molecular weight excluding hydrogens is 164 g/mol. The predicted octanol–water partition coefficient (Wildman–Crippen LogP) is 1.88. The van der Waals surface area contributed by atoms with Crippen LogP contribution in [0.2, 0.25) is 0 Å². The molecule has 0 aromatic heterocycles. The van der Waals surface area contributed by atoms with Gasteiger partial charge >= 0.3 is 0 Å². The highest BCUT2D eigenvalue weighted by Crippen LogP contribution is 2.17. The maximum absolute atomic E-state index is 10.2. The minimum atomic E-state index is -0.460. The van der Waals surface area contributed by atoms with E-state index in [4.69, 9.17) is 5.14 Å². The maximum atomic E-state index is 10.2. The lowest BCUT2D eigenvalue weighted by Gasteiger charge is -1.92. The van der Waals surface area contributed by atoms with E-state index < -0.39 is 4.92 Å². The molecule has 1 radical (unpaired) electrons. The highest BCUT2D eigenvalue weighted by atomic mass is 32.2. The first-order valence-corrected chi connectivity index (χ1v) is 3.63. The van der Waals surface area contributed by atoms with Gasteiger partial charge in [-0.2, -0.15) is 5.14 Å². The molecule has 11 heavy (non-hydrogen) atoms. The van der Waals surface area contributed by atoms with Crippen molar-refractivity contribution in [1.29, 1.82) is 0 Å². The largest absolute Gasteiger partial charge is 0.269 e. The van der Waals surface area contributed by atoms with Crippen molar-refractivity contribution in [3.63, 3.8) is 0 Å². The van der Waals surface area contributed by atoms with Gasteiger partial charge in [0.15, 0.2) is 0 Å². The van der Waals surface area contributed by atoms with Crippen molar-refractivity contribution >= 4 is 17.6 Å². The molecule has 0 bridgehead atoms. The zero-order chi connectivity index (χ0) is 8.27. The molecule has 5 heteroatoms. The Morgan fingerprint density at radius 2 is 1.91 bits per heavy atom. The van der Waals surface area contributed by atoms with E-state index in [1.165, 1.54) is 12.1 Å². The number of rotatable bonds is 2. The van der Waals surface area contributed by atoms with Gasteiger partial charge in [-0.25, -0.2) is 0 Å². The molecule has 1 aromatic carbocycles. The summed E-state index contributed by atoms with van der Waals surface area (Å²) in [6.45, 7) is 0. The lowest BCUT2D eigenvalue weighted by atomic mass is 10.3. The summed E-state index contributed by atoms with van der Waals surface area (Å²) in [6.07, 6.45) is 0. The highest BCUT2D eigenvalue weighted by Gasteiger charge is 2.02. The van der Waals surface area contributed by atoms with Gasteiger partial charge in [0.1, 0.15) is 0 Å². The fraction of sp³-hybridized carbons (Fsp3) is 0. The topological polar surface area (TPSA) is 66.9 Å². The third-order valence-electron chi connectivity index (χ3n) is 1.17. The van der Waals surface area contributed by atoms with Crippen LogP contribution in [0, 0.1) is 10.1 Å². The number of nitro benzene ring substituents is 1. The van der Waals surface area contributed by atoms with Crippen LogP contribution in [0.1, 0.15) is 0 Å². The minimum absolute atomic E-state index is 0.0581. The van der Waals surface area contributed by atoms with Crippen molar-refractivity contribution in [2.24, 2.45) is 0 Å². The van der Waals surface area contributed by atoms with E-state index in [9.17, 15) is 10.1 Å². The van der Waals surface area contributed by atoms with E-state index in [1.807, 2.05) is 0 Å². The normalized spacial score (nSPS) is 9.55. The van der Waals surface area contributed by atoms with Crippen molar-refractivity contribution in [3.8, 4) is 0 Å². The average Bonchev–Trinajstić information content (AvgIpc) is 2.05. The Morgan fingerprint density at radius 1 is 1.36 bits per heavy atom. The van der Waals surface area contributed by atoms with E-state index in [0.717, 1.165) is 11.9 Å². The number of benzene rings is 1. The van der Waals surface area contributed by atoms with E-state index >= 15 is 0 Å². The number of nitro groups is 1. The van der Waals surface area contributed by atoms with Gasteiger partial charge in [0.2, 0.25) is 0 Å². The van der Waals surface area contributed by atoms with Crippen LogP contribution in [0.25, 0.3) is 0 Å². The Morgan fingerprint density at radius 3 is 2.27 bits per heavy atom. The first kappa shape index (κ1) is 8.03. The van der Waals surface area contributed by atoms with Gasteiger partial charge in [0.25, 0.3) is 5.69 Å². The molecule has 0 aliphatic rings. The van der Waals surface area contributed by atoms with Gasteiger partial charge in [-0.1, -0.05) is 0 Å².